The SMILES string of the molecule is C=C[C@@H]1[C@@H](C)C[C@@H](C(=O)Nc2nc(Br)ccc2C)N1C(=O)Cn1nc(C(C)=O)c2cc(-c3cnc(C)nc3)cc(C)c21. The van der Waals surface area contributed by atoms with Crippen molar-refractivity contribution in [3.63, 3.8) is 0 Å². The zero-order chi connectivity index (χ0) is 30.3. The number of hydrogen-bond donors (Lipinski definition) is 1. The summed E-state index contributed by atoms with van der Waals surface area (Å²) >= 11 is 3.35. The lowest BCUT2D eigenvalue weighted by atomic mass is 10.0. The van der Waals surface area contributed by atoms with Crippen LogP contribution in [0.25, 0.3) is 22.0 Å². The number of aryl methyl sites for hydroxylation is 3. The van der Waals surface area contributed by atoms with Gasteiger partial charge in [0.15, 0.2) is 5.78 Å². The molecule has 42 heavy (non-hydrogen) atoms. The van der Waals surface area contributed by atoms with Crippen LogP contribution in [0.15, 0.2) is 53.9 Å². The molecule has 0 bridgehead atoms. The molecule has 1 saturated heterocycles. The third-order valence-corrected chi connectivity index (χ3v) is 8.18. The summed E-state index contributed by atoms with van der Waals surface area (Å²) in [6.07, 6.45) is 5.66. The van der Waals surface area contributed by atoms with Gasteiger partial charge in [0, 0.05) is 30.3 Å². The molecule has 0 saturated carbocycles. The van der Waals surface area contributed by atoms with E-state index in [1.54, 1.807) is 34.1 Å². The zero-order valence-electron chi connectivity index (χ0n) is 24.2. The second kappa shape index (κ2) is 11.6. The predicted octanol–water partition coefficient (Wildman–Crippen LogP) is 5.21. The minimum Gasteiger partial charge on any atom is -0.322 e. The van der Waals surface area contributed by atoms with Gasteiger partial charge in [-0.15, -0.1) is 6.58 Å². The van der Waals surface area contributed by atoms with E-state index >= 15 is 0 Å². The van der Waals surface area contributed by atoms with E-state index in [0.29, 0.717) is 33.6 Å². The minimum atomic E-state index is -0.723. The van der Waals surface area contributed by atoms with Crippen LogP contribution in [0, 0.1) is 26.7 Å². The first-order chi connectivity index (χ1) is 20.0. The third kappa shape index (κ3) is 5.48. The molecule has 10 nitrogen and oxygen atoms in total. The van der Waals surface area contributed by atoms with Crippen molar-refractivity contribution in [2.75, 3.05) is 5.32 Å². The van der Waals surface area contributed by atoms with Crippen molar-refractivity contribution in [1.82, 2.24) is 29.6 Å². The topological polar surface area (TPSA) is 123 Å². The Morgan fingerprint density at radius 3 is 2.48 bits per heavy atom. The molecular weight excluding hydrogens is 598 g/mol. The number of nitrogens with zero attached hydrogens (tertiary/aromatic N) is 6. The maximum atomic E-state index is 14.0. The van der Waals surface area contributed by atoms with Crippen LogP contribution in [-0.2, 0) is 16.1 Å². The summed E-state index contributed by atoms with van der Waals surface area (Å²) in [4.78, 5) is 54.7. The lowest BCUT2D eigenvalue weighted by molar-refractivity contribution is -0.138. The molecule has 1 fully saturated rings. The van der Waals surface area contributed by atoms with Crippen molar-refractivity contribution in [3.8, 4) is 11.1 Å². The molecule has 1 aliphatic heterocycles. The van der Waals surface area contributed by atoms with Crippen LogP contribution < -0.4 is 5.32 Å². The summed E-state index contributed by atoms with van der Waals surface area (Å²) in [5.41, 5.74) is 4.27. The predicted molar refractivity (Wildman–Crippen MR) is 164 cm³/mol. The van der Waals surface area contributed by atoms with E-state index < -0.39 is 6.04 Å². The third-order valence-electron chi connectivity index (χ3n) is 7.74. The number of fused-ring (bicyclic) bond motifs is 1. The fourth-order valence-corrected chi connectivity index (χ4v) is 5.97. The Morgan fingerprint density at radius 1 is 1.10 bits per heavy atom. The second-order valence-corrected chi connectivity index (χ2v) is 11.6. The van der Waals surface area contributed by atoms with E-state index in [1.165, 1.54) is 6.92 Å². The first-order valence-corrected chi connectivity index (χ1v) is 14.5. The molecule has 0 spiro atoms. The Kier molecular flexibility index (Phi) is 8.05. The van der Waals surface area contributed by atoms with Gasteiger partial charge >= 0.3 is 0 Å². The maximum Gasteiger partial charge on any atom is 0.248 e. The molecule has 11 heteroatoms. The molecular formula is C31H32BrN7O3. The largest absolute Gasteiger partial charge is 0.322 e. The van der Waals surface area contributed by atoms with E-state index in [1.807, 2.05) is 45.9 Å². The number of ketones is 1. The summed E-state index contributed by atoms with van der Waals surface area (Å²) in [5, 5.41) is 8.13. The highest BCUT2D eigenvalue weighted by Crippen LogP contribution is 2.33. The van der Waals surface area contributed by atoms with Crippen LogP contribution in [0.3, 0.4) is 0 Å². The monoisotopic (exact) mass is 629 g/mol. The first-order valence-electron chi connectivity index (χ1n) is 13.7. The quantitative estimate of drug-likeness (QED) is 0.169. The molecule has 4 aromatic rings. The number of benzene rings is 1. The standard InChI is InChI=1S/C31H32BrN7O3/c1-7-24-17(3)11-25(31(42)36-30-16(2)8-9-26(32)35-30)39(24)27(41)15-38-29-18(4)10-21(22-13-33-20(6)34-14-22)12-23(29)28(37-38)19(5)40/h7-10,12-14,17,24-25H,1,11,15H2,2-6H3,(H,35,36,42)/t17-,24+,25-/m0/s1. The Hall–Kier alpha value is -4.25. The highest BCUT2D eigenvalue weighted by atomic mass is 79.9. The van der Waals surface area contributed by atoms with Crippen LogP contribution in [0.1, 0.15) is 47.7 Å². The number of rotatable bonds is 7. The minimum absolute atomic E-state index is 0.0157. The zero-order valence-corrected chi connectivity index (χ0v) is 25.8. The molecule has 0 unspecified atom stereocenters. The number of amides is 2. The first kappa shape index (κ1) is 29.2. The van der Waals surface area contributed by atoms with Crippen molar-refractivity contribution < 1.29 is 14.4 Å². The normalized spacial score (nSPS) is 18.3. The molecule has 4 heterocycles. The summed E-state index contributed by atoms with van der Waals surface area (Å²) < 4.78 is 2.16. The molecule has 1 N–H and O–H groups in total. The van der Waals surface area contributed by atoms with E-state index in [9.17, 15) is 14.4 Å². The lowest BCUT2D eigenvalue weighted by Crippen LogP contribution is -2.48. The summed E-state index contributed by atoms with van der Waals surface area (Å²) in [6, 6.07) is 6.45. The number of anilines is 1. The number of nitrogens with one attached hydrogen (secondary N) is 1. The second-order valence-electron chi connectivity index (χ2n) is 10.8. The van der Waals surface area contributed by atoms with Gasteiger partial charge in [-0.2, -0.15) is 5.10 Å². The van der Waals surface area contributed by atoms with Crippen LogP contribution >= 0.6 is 15.9 Å². The van der Waals surface area contributed by atoms with Crippen molar-refractivity contribution in [2.45, 2.75) is 59.7 Å². The Labute approximate surface area is 252 Å². The van der Waals surface area contributed by atoms with Crippen LogP contribution in [0.4, 0.5) is 5.82 Å². The summed E-state index contributed by atoms with van der Waals surface area (Å²) in [5.74, 6) is 0.294. The number of halogens is 1. The van der Waals surface area contributed by atoms with Crippen molar-refractivity contribution in [3.05, 3.63) is 76.6 Å². The van der Waals surface area contributed by atoms with Crippen LogP contribution in [0.2, 0.25) is 0 Å². The lowest BCUT2D eigenvalue weighted by Gasteiger charge is -2.29. The Bertz CT molecular complexity index is 1730. The van der Waals surface area contributed by atoms with Gasteiger partial charge in [0.25, 0.3) is 0 Å². The van der Waals surface area contributed by atoms with Gasteiger partial charge in [-0.05, 0) is 83.9 Å². The van der Waals surface area contributed by atoms with Crippen molar-refractivity contribution in [1.29, 1.82) is 0 Å². The Balaban J connectivity index is 1.50. The van der Waals surface area contributed by atoms with Crippen LogP contribution in [0.5, 0.6) is 0 Å². The van der Waals surface area contributed by atoms with E-state index in [4.69, 9.17) is 0 Å². The molecule has 3 atom stereocenters. The van der Waals surface area contributed by atoms with Crippen molar-refractivity contribution >= 4 is 50.2 Å². The summed E-state index contributed by atoms with van der Waals surface area (Å²) in [6.45, 7) is 12.9. The number of likely N-dealkylation sites (tertiary alicyclic amines) is 1. The van der Waals surface area contributed by atoms with E-state index in [-0.39, 0.29) is 41.8 Å². The van der Waals surface area contributed by atoms with Gasteiger partial charge in [0.2, 0.25) is 11.8 Å². The van der Waals surface area contributed by atoms with Crippen molar-refractivity contribution in [2.24, 2.45) is 5.92 Å². The smallest absolute Gasteiger partial charge is 0.248 e. The number of hydrogen-bond acceptors (Lipinski definition) is 7. The van der Waals surface area contributed by atoms with E-state index in [0.717, 1.165) is 22.3 Å². The van der Waals surface area contributed by atoms with Gasteiger partial charge in [-0.1, -0.05) is 19.1 Å². The molecule has 1 aromatic carbocycles. The van der Waals surface area contributed by atoms with Gasteiger partial charge in [-0.25, -0.2) is 15.0 Å². The number of aromatic nitrogens is 5. The van der Waals surface area contributed by atoms with E-state index in [2.05, 4.69) is 47.9 Å². The molecule has 216 valence electrons. The highest BCUT2D eigenvalue weighted by molar-refractivity contribution is 9.10. The van der Waals surface area contributed by atoms with Gasteiger partial charge < -0.3 is 10.2 Å². The molecule has 0 aliphatic carbocycles. The fourth-order valence-electron chi connectivity index (χ4n) is 5.66. The number of carbonyl (C=O) groups is 3. The summed E-state index contributed by atoms with van der Waals surface area (Å²) in [7, 11) is 0. The maximum absolute atomic E-state index is 14.0. The molecule has 5 rings (SSSR count). The molecule has 2 amide bonds. The average molecular weight is 631 g/mol. The Morgan fingerprint density at radius 2 is 1.81 bits per heavy atom. The van der Waals surface area contributed by atoms with Crippen LogP contribution in [-0.4, -0.2) is 59.3 Å². The molecule has 1 aliphatic rings. The fraction of sp³-hybridized carbons (Fsp3) is 0.323. The number of carbonyl (C=O) groups excluding carboxylic acids is 3. The number of pyridine rings is 1. The van der Waals surface area contributed by atoms with Gasteiger partial charge in [0.05, 0.1) is 11.6 Å². The van der Waals surface area contributed by atoms with Gasteiger partial charge in [0.1, 0.15) is 34.5 Å². The van der Waals surface area contributed by atoms with Gasteiger partial charge in [-0.3, -0.25) is 19.1 Å². The molecule has 0 radical (unpaired) electrons. The number of Topliss-reactive ketones (excluding diaryl/α,β-unsaturated/α-hetero) is 1. The average Bonchev–Trinajstić information content (AvgIpc) is 3.48. The molecule has 3 aromatic heterocycles. The highest BCUT2D eigenvalue weighted by Gasteiger charge is 2.44.